The molecule has 1 fully saturated rings. The Morgan fingerprint density at radius 1 is 1.20 bits per heavy atom. The summed E-state index contributed by atoms with van der Waals surface area (Å²) < 4.78 is 11.1. The fourth-order valence-electron chi connectivity index (χ4n) is 2.38. The lowest BCUT2D eigenvalue weighted by atomic mass is 10.2. The van der Waals surface area contributed by atoms with Crippen molar-refractivity contribution in [1.82, 2.24) is 5.32 Å². The van der Waals surface area contributed by atoms with E-state index in [2.05, 4.69) is 36.5 Å². The first kappa shape index (κ1) is 15.3. The van der Waals surface area contributed by atoms with Gasteiger partial charge in [-0.1, -0.05) is 38.3 Å². The monoisotopic (exact) mass is 277 g/mol. The van der Waals surface area contributed by atoms with Crippen molar-refractivity contribution in [2.24, 2.45) is 0 Å². The van der Waals surface area contributed by atoms with E-state index in [1.165, 1.54) is 24.8 Å². The lowest BCUT2D eigenvalue weighted by molar-refractivity contribution is 0.190. The van der Waals surface area contributed by atoms with Crippen molar-refractivity contribution in [3.8, 4) is 5.75 Å². The van der Waals surface area contributed by atoms with Gasteiger partial charge < -0.3 is 14.8 Å². The zero-order valence-electron chi connectivity index (χ0n) is 12.6. The maximum atomic E-state index is 5.75. The predicted molar refractivity (Wildman–Crippen MR) is 82.1 cm³/mol. The maximum Gasteiger partial charge on any atom is 0.119 e. The molecule has 1 aliphatic heterocycles. The SMILES string of the molecule is CCCCCCOc1ccc(CN[C@H]2CCOC2)cc1. The quantitative estimate of drug-likeness (QED) is 0.701. The van der Waals surface area contributed by atoms with E-state index in [9.17, 15) is 0 Å². The summed E-state index contributed by atoms with van der Waals surface area (Å²) in [7, 11) is 0. The van der Waals surface area contributed by atoms with E-state index in [-0.39, 0.29) is 0 Å². The first-order chi connectivity index (χ1) is 9.88. The van der Waals surface area contributed by atoms with Gasteiger partial charge in [-0.2, -0.15) is 0 Å². The van der Waals surface area contributed by atoms with Crippen molar-refractivity contribution < 1.29 is 9.47 Å². The molecule has 0 spiro atoms. The molecule has 1 aromatic carbocycles. The van der Waals surface area contributed by atoms with E-state index in [0.29, 0.717) is 6.04 Å². The highest BCUT2D eigenvalue weighted by Crippen LogP contribution is 2.13. The zero-order valence-corrected chi connectivity index (χ0v) is 12.6. The Balaban J connectivity index is 1.64. The Morgan fingerprint density at radius 2 is 2.05 bits per heavy atom. The van der Waals surface area contributed by atoms with Gasteiger partial charge in [0, 0.05) is 19.2 Å². The molecule has 2 rings (SSSR count). The average Bonchev–Trinajstić information content (AvgIpc) is 2.99. The summed E-state index contributed by atoms with van der Waals surface area (Å²) in [5, 5.41) is 3.52. The molecule has 1 saturated heterocycles. The number of benzene rings is 1. The number of unbranched alkanes of at least 4 members (excludes halogenated alkanes) is 3. The van der Waals surface area contributed by atoms with Gasteiger partial charge in [0.2, 0.25) is 0 Å². The fourth-order valence-corrected chi connectivity index (χ4v) is 2.38. The van der Waals surface area contributed by atoms with E-state index >= 15 is 0 Å². The van der Waals surface area contributed by atoms with Crippen LogP contribution in [0, 0.1) is 0 Å². The topological polar surface area (TPSA) is 30.5 Å². The largest absolute Gasteiger partial charge is 0.494 e. The van der Waals surface area contributed by atoms with E-state index in [1.54, 1.807) is 0 Å². The molecule has 0 bridgehead atoms. The van der Waals surface area contributed by atoms with E-state index in [4.69, 9.17) is 9.47 Å². The second-order valence-corrected chi connectivity index (χ2v) is 5.49. The molecular formula is C17H27NO2. The molecule has 0 saturated carbocycles. The Morgan fingerprint density at radius 3 is 2.75 bits per heavy atom. The first-order valence-corrected chi connectivity index (χ1v) is 7.91. The van der Waals surface area contributed by atoms with E-state index in [0.717, 1.165) is 45.0 Å². The van der Waals surface area contributed by atoms with Crippen LogP contribution in [-0.2, 0) is 11.3 Å². The number of ether oxygens (including phenoxy) is 2. The van der Waals surface area contributed by atoms with Gasteiger partial charge in [-0.3, -0.25) is 0 Å². The van der Waals surface area contributed by atoms with Crippen LogP contribution in [0.15, 0.2) is 24.3 Å². The molecule has 0 unspecified atom stereocenters. The summed E-state index contributed by atoms with van der Waals surface area (Å²) in [5.41, 5.74) is 1.30. The van der Waals surface area contributed by atoms with Crippen molar-refractivity contribution in [3.05, 3.63) is 29.8 Å². The average molecular weight is 277 g/mol. The van der Waals surface area contributed by atoms with E-state index in [1.807, 2.05) is 0 Å². The second-order valence-electron chi connectivity index (χ2n) is 5.49. The van der Waals surface area contributed by atoms with Crippen LogP contribution >= 0.6 is 0 Å². The van der Waals surface area contributed by atoms with Gasteiger partial charge in [0.25, 0.3) is 0 Å². The Bertz CT molecular complexity index is 358. The molecule has 3 nitrogen and oxygen atoms in total. The smallest absolute Gasteiger partial charge is 0.119 e. The highest BCUT2D eigenvalue weighted by Gasteiger charge is 2.14. The van der Waals surface area contributed by atoms with Crippen molar-refractivity contribution in [1.29, 1.82) is 0 Å². The Kier molecular flexibility index (Phi) is 6.89. The van der Waals surface area contributed by atoms with Crippen LogP contribution in [0.2, 0.25) is 0 Å². The normalized spacial score (nSPS) is 18.4. The van der Waals surface area contributed by atoms with Crippen LogP contribution in [0.3, 0.4) is 0 Å². The van der Waals surface area contributed by atoms with Crippen molar-refractivity contribution >= 4 is 0 Å². The fraction of sp³-hybridized carbons (Fsp3) is 0.647. The predicted octanol–water partition coefficient (Wildman–Crippen LogP) is 3.52. The Labute approximate surface area is 122 Å². The third-order valence-electron chi connectivity index (χ3n) is 3.71. The summed E-state index contributed by atoms with van der Waals surface area (Å²) >= 11 is 0. The van der Waals surface area contributed by atoms with E-state index < -0.39 is 0 Å². The van der Waals surface area contributed by atoms with Gasteiger partial charge in [0.15, 0.2) is 0 Å². The van der Waals surface area contributed by atoms with Gasteiger partial charge in [-0.25, -0.2) is 0 Å². The minimum Gasteiger partial charge on any atom is -0.494 e. The molecule has 112 valence electrons. The molecule has 0 amide bonds. The van der Waals surface area contributed by atoms with Crippen molar-refractivity contribution in [2.75, 3.05) is 19.8 Å². The van der Waals surface area contributed by atoms with Gasteiger partial charge in [-0.05, 0) is 30.5 Å². The third-order valence-corrected chi connectivity index (χ3v) is 3.71. The van der Waals surface area contributed by atoms with Crippen LogP contribution in [-0.4, -0.2) is 25.9 Å². The molecule has 1 atom stereocenters. The molecule has 0 aliphatic carbocycles. The molecule has 3 heteroatoms. The highest BCUT2D eigenvalue weighted by molar-refractivity contribution is 5.27. The number of rotatable bonds is 9. The van der Waals surface area contributed by atoms with Gasteiger partial charge in [0.05, 0.1) is 13.2 Å². The maximum absolute atomic E-state index is 5.75. The van der Waals surface area contributed by atoms with Gasteiger partial charge in [-0.15, -0.1) is 0 Å². The number of hydrogen-bond donors (Lipinski definition) is 1. The molecule has 1 aromatic rings. The van der Waals surface area contributed by atoms with Crippen molar-refractivity contribution in [2.45, 2.75) is 51.6 Å². The molecule has 0 aromatic heterocycles. The van der Waals surface area contributed by atoms with Gasteiger partial charge in [0.1, 0.15) is 5.75 Å². The summed E-state index contributed by atoms with van der Waals surface area (Å²) in [6.45, 7) is 5.70. The van der Waals surface area contributed by atoms with Gasteiger partial charge >= 0.3 is 0 Å². The lowest BCUT2D eigenvalue weighted by Gasteiger charge is -2.11. The molecule has 1 aliphatic rings. The lowest BCUT2D eigenvalue weighted by Crippen LogP contribution is -2.28. The van der Waals surface area contributed by atoms with Crippen LogP contribution in [0.4, 0.5) is 0 Å². The van der Waals surface area contributed by atoms with Crippen molar-refractivity contribution in [3.63, 3.8) is 0 Å². The molecular weight excluding hydrogens is 250 g/mol. The summed E-state index contributed by atoms with van der Waals surface area (Å²) in [5.74, 6) is 0.981. The van der Waals surface area contributed by atoms with Crippen LogP contribution in [0.1, 0.15) is 44.6 Å². The van der Waals surface area contributed by atoms with Crippen LogP contribution in [0.5, 0.6) is 5.75 Å². The third kappa shape index (κ3) is 5.51. The minimum absolute atomic E-state index is 0.518. The molecule has 20 heavy (non-hydrogen) atoms. The Hall–Kier alpha value is -1.06. The first-order valence-electron chi connectivity index (χ1n) is 7.91. The zero-order chi connectivity index (χ0) is 14.0. The second kappa shape index (κ2) is 8.98. The highest BCUT2D eigenvalue weighted by atomic mass is 16.5. The molecule has 1 heterocycles. The molecule has 0 radical (unpaired) electrons. The summed E-state index contributed by atoms with van der Waals surface area (Å²) in [6.07, 6.45) is 6.12. The van der Waals surface area contributed by atoms with Crippen LogP contribution in [0.25, 0.3) is 0 Å². The van der Waals surface area contributed by atoms with Crippen LogP contribution < -0.4 is 10.1 Å². The number of hydrogen-bond acceptors (Lipinski definition) is 3. The standard InChI is InChI=1S/C17H27NO2/c1-2-3-4-5-11-20-17-8-6-15(7-9-17)13-18-16-10-12-19-14-16/h6-9,16,18H,2-5,10-14H2,1H3/t16-/m0/s1. The summed E-state index contributed by atoms with van der Waals surface area (Å²) in [4.78, 5) is 0. The minimum atomic E-state index is 0.518. The molecule has 1 N–H and O–H groups in total. The number of nitrogens with one attached hydrogen (secondary N) is 1. The summed E-state index contributed by atoms with van der Waals surface area (Å²) in [6, 6.07) is 8.95.